The van der Waals surface area contributed by atoms with Gasteiger partial charge in [-0.05, 0) is 23.9 Å². The van der Waals surface area contributed by atoms with Crippen molar-refractivity contribution in [1.29, 1.82) is 0 Å². The normalized spacial score (nSPS) is 11.3. The van der Waals surface area contributed by atoms with E-state index in [1.165, 1.54) is 23.0 Å². The number of hydrogen-bond donors (Lipinski definition) is 2. The van der Waals surface area contributed by atoms with E-state index in [2.05, 4.69) is 22.0 Å². The highest BCUT2D eigenvalue weighted by molar-refractivity contribution is 6.30. The number of unbranched alkanes of at least 4 members (excludes halogenated alkanes) is 2. The molecule has 0 aliphatic heterocycles. The number of aromatic nitrogens is 5. The first kappa shape index (κ1) is 27.7. The minimum Gasteiger partial charge on any atom is -0.505 e. The topological polar surface area (TPSA) is 114 Å². The minimum atomic E-state index is -4.86. The predicted octanol–water partition coefficient (Wildman–Crippen LogP) is 5.07. The summed E-state index contributed by atoms with van der Waals surface area (Å²) in [4.78, 5) is 30.8. The summed E-state index contributed by atoms with van der Waals surface area (Å²) in [6.45, 7) is 2.53. The van der Waals surface area contributed by atoms with Crippen LogP contribution >= 0.6 is 11.6 Å². The molecule has 0 bridgehead atoms. The highest BCUT2D eigenvalue weighted by Crippen LogP contribution is 2.31. The summed E-state index contributed by atoms with van der Waals surface area (Å²) in [6, 6.07) is 2.99. The third-order valence-electron chi connectivity index (χ3n) is 5.13. The molecular formula is C23H19ClF5N5O3. The molecule has 8 nitrogen and oxygen atoms in total. The second-order valence-corrected chi connectivity index (χ2v) is 8.16. The Morgan fingerprint density at radius 1 is 1.08 bits per heavy atom. The van der Waals surface area contributed by atoms with Gasteiger partial charge in [0.15, 0.2) is 28.8 Å². The van der Waals surface area contributed by atoms with Crippen molar-refractivity contribution in [3.63, 3.8) is 0 Å². The molecule has 0 unspecified atom stereocenters. The van der Waals surface area contributed by atoms with Gasteiger partial charge in [0.25, 0.3) is 11.1 Å². The first-order chi connectivity index (χ1) is 17.5. The fraction of sp³-hybridized carbons (Fsp3) is 0.261. The fourth-order valence-electron chi connectivity index (χ4n) is 3.36. The van der Waals surface area contributed by atoms with Gasteiger partial charge in [0, 0.05) is 25.1 Å². The highest BCUT2D eigenvalue weighted by Gasteiger charge is 2.37. The number of H-pyrrole nitrogens is 1. The van der Waals surface area contributed by atoms with E-state index in [1.807, 2.05) is 0 Å². The fourth-order valence-corrected chi connectivity index (χ4v) is 3.46. The van der Waals surface area contributed by atoms with Crippen molar-refractivity contribution in [2.24, 2.45) is 0 Å². The van der Waals surface area contributed by atoms with Gasteiger partial charge in [-0.3, -0.25) is 9.59 Å². The Morgan fingerprint density at radius 2 is 1.76 bits per heavy atom. The molecule has 196 valence electrons. The number of pyridine rings is 1. The lowest BCUT2D eigenvalue weighted by molar-refractivity contribution is -0.140. The predicted molar refractivity (Wildman–Crippen MR) is 125 cm³/mol. The lowest BCUT2D eigenvalue weighted by Gasteiger charge is -2.10. The average Bonchev–Trinajstić information content (AvgIpc) is 2.83. The molecule has 14 heteroatoms. The van der Waals surface area contributed by atoms with Gasteiger partial charge in [-0.2, -0.15) is 18.3 Å². The number of hydrogen-bond acceptors (Lipinski definition) is 6. The summed E-state index contributed by atoms with van der Waals surface area (Å²) < 4.78 is 66.2. The molecule has 0 saturated carbocycles. The van der Waals surface area contributed by atoms with Crippen LogP contribution in [0.1, 0.15) is 31.7 Å². The summed E-state index contributed by atoms with van der Waals surface area (Å²) in [5.74, 6) is -3.49. The molecular weight excluding hydrogens is 525 g/mol. The van der Waals surface area contributed by atoms with Crippen LogP contribution in [0.5, 0.6) is 5.75 Å². The molecule has 37 heavy (non-hydrogen) atoms. The van der Waals surface area contributed by atoms with Gasteiger partial charge in [-0.15, -0.1) is 0 Å². The molecule has 4 rings (SSSR count). The Labute approximate surface area is 210 Å². The number of halogens is 6. The monoisotopic (exact) mass is 543 g/mol. The van der Waals surface area contributed by atoms with Crippen molar-refractivity contribution in [3.05, 3.63) is 79.8 Å². The molecule has 3 heterocycles. The van der Waals surface area contributed by atoms with Crippen molar-refractivity contribution in [2.45, 2.75) is 38.9 Å². The van der Waals surface area contributed by atoms with Crippen molar-refractivity contribution in [2.75, 3.05) is 0 Å². The van der Waals surface area contributed by atoms with E-state index >= 15 is 0 Å². The largest absolute Gasteiger partial charge is 0.505 e. The van der Waals surface area contributed by atoms with Gasteiger partial charge in [0.2, 0.25) is 0 Å². The van der Waals surface area contributed by atoms with Crippen LogP contribution in [-0.2, 0) is 12.7 Å². The first-order valence-corrected chi connectivity index (χ1v) is 11.2. The van der Waals surface area contributed by atoms with E-state index < -0.39 is 40.2 Å². The average molecular weight is 544 g/mol. The molecule has 0 atom stereocenters. The van der Waals surface area contributed by atoms with E-state index in [1.54, 1.807) is 17.4 Å². The summed E-state index contributed by atoms with van der Waals surface area (Å²) >= 11 is 5.72. The van der Waals surface area contributed by atoms with Crippen LogP contribution < -0.4 is 11.1 Å². The zero-order chi connectivity index (χ0) is 27.3. The Morgan fingerprint density at radius 3 is 2.32 bits per heavy atom. The van der Waals surface area contributed by atoms with Crippen LogP contribution in [0, 0.1) is 11.6 Å². The molecule has 0 spiro atoms. The molecule has 0 fully saturated rings. The van der Waals surface area contributed by atoms with Gasteiger partial charge < -0.3 is 9.67 Å². The third-order valence-corrected chi connectivity index (χ3v) is 5.32. The summed E-state index contributed by atoms with van der Waals surface area (Å²) in [5, 5.41) is 13.5. The number of aryl methyl sites for hydroxylation is 1. The van der Waals surface area contributed by atoms with E-state index in [4.69, 9.17) is 16.7 Å². The Bertz CT molecular complexity index is 1520. The Balaban J connectivity index is 0.000000266. The number of rotatable bonds is 5. The van der Waals surface area contributed by atoms with Gasteiger partial charge in [-0.25, -0.2) is 23.8 Å². The zero-order valence-electron chi connectivity index (χ0n) is 19.1. The summed E-state index contributed by atoms with van der Waals surface area (Å²) in [7, 11) is 0. The van der Waals surface area contributed by atoms with Crippen molar-refractivity contribution < 1.29 is 27.1 Å². The molecule has 0 aliphatic carbocycles. The van der Waals surface area contributed by atoms with Crippen molar-refractivity contribution in [3.8, 4) is 17.1 Å². The zero-order valence-corrected chi connectivity index (χ0v) is 19.9. The highest BCUT2D eigenvalue weighted by atomic mass is 35.5. The third kappa shape index (κ3) is 6.28. The molecule has 4 aromatic rings. The maximum absolute atomic E-state index is 14.6. The number of nitrogens with zero attached hydrogens (tertiary/aromatic N) is 4. The number of benzene rings is 1. The first-order valence-electron chi connectivity index (χ1n) is 10.8. The lowest BCUT2D eigenvalue weighted by atomic mass is 10.1. The van der Waals surface area contributed by atoms with Gasteiger partial charge in [0.1, 0.15) is 0 Å². The van der Waals surface area contributed by atoms with E-state index in [-0.39, 0.29) is 16.8 Å². The van der Waals surface area contributed by atoms with Crippen molar-refractivity contribution in [1.82, 2.24) is 24.7 Å². The van der Waals surface area contributed by atoms with E-state index in [9.17, 15) is 31.5 Å². The molecule has 0 amide bonds. The number of alkyl halides is 3. The molecule has 2 N–H and O–H groups in total. The smallest absolute Gasteiger partial charge is 0.425 e. The van der Waals surface area contributed by atoms with E-state index in [0.717, 1.165) is 19.3 Å². The van der Waals surface area contributed by atoms with Gasteiger partial charge >= 0.3 is 6.18 Å². The SMILES string of the molecule is CCCCCn1ccc2cc(-c3ncc(Cl)cn3)c(F)c(F)c2c1=O.O=c1[nH]ncc(O)c1C(F)(F)F. The summed E-state index contributed by atoms with van der Waals surface area (Å²) in [6.07, 6.45) is 2.65. The molecule has 3 aromatic heterocycles. The number of fused-ring (bicyclic) bond motifs is 1. The maximum Gasteiger partial charge on any atom is 0.425 e. The minimum absolute atomic E-state index is 0.00910. The Kier molecular flexibility index (Phi) is 8.58. The standard InChI is InChI=1S/C18H16ClF2N3O.C5H3F3N2O2/c1-2-3-4-6-24-7-5-11-8-13(17-22-9-12(19)10-23-17)15(20)16(21)14(11)18(24)25;6-5(7,8)3-2(11)1-9-10-4(3)12/h5,7-10H,2-4,6H2,1H3;1H,(H2,10,11,12). The molecule has 1 aromatic carbocycles. The molecule has 0 saturated heterocycles. The van der Waals surface area contributed by atoms with Crippen LogP contribution in [0.15, 0.2) is 46.5 Å². The second-order valence-electron chi connectivity index (χ2n) is 7.72. The number of aromatic amines is 1. The van der Waals surface area contributed by atoms with Crippen LogP contribution in [0.25, 0.3) is 22.2 Å². The van der Waals surface area contributed by atoms with E-state index in [0.29, 0.717) is 23.2 Å². The van der Waals surface area contributed by atoms with Gasteiger partial charge in [0.05, 0.1) is 22.2 Å². The Hall–Kier alpha value is -3.87. The summed E-state index contributed by atoms with van der Waals surface area (Å²) in [5.41, 5.74) is -3.72. The maximum atomic E-state index is 14.6. The van der Waals surface area contributed by atoms with Crippen LogP contribution in [0.3, 0.4) is 0 Å². The van der Waals surface area contributed by atoms with Gasteiger partial charge in [-0.1, -0.05) is 31.4 Å². The quantitative estimate of drug-likeness (QED) is 0.268. The van der Waals surface area contributed by atoms with Crippen LogP contribution in [-0.4, -0.2) is 29.8 Å². The second kappa shape index (κ2) is 11.5. The number of aromatic hydroxyl groups is 1. The van der Waals surface area contributed by atoms with Crippen molar-refractivity contribution >= 4 is 22.4 Å². The van der Waals surface area contributed by atoms with Crippen LogP contribution in [0.2, 0.25) is 5.02 Å². The molecule has 0 radical (unpaired) electrons. The lowest BCUT2D eigenvalue weighted by Crippen LogP contribution is -2.22. The number of nitrogens with one attached hydrogen (secondary N) is 1. The van der Waals surface area contributed by atoms with Crippen LogP contribution in [0.4, 0.5) is 22.0 Å². The molecule has 0 aliphatic rings.